The Kier molecular flexibility index (Phi) is 5.49. The molecular formula is C21H20N2O3. The molecule has 0 radical (unpaired) electrons. The van der Waals surface area contributed by atoms with Crippen LogP contribution in [0.5, 0.6) is 5.75 Å². The van der Waals surface area contributed by atoms with Crippen LogP contribution in [-0.2, 0) is 6.42 Å². The molecule has 3 aromatic rings. The van der Waals surface area contributed by atoms with Crippen LogP contribution in [0.1, 0.15) is 15.9 Å². The van der Waals surface area contributed by atoms with Gasteiger partial charge in [0.15, 0.2) is 0 Å². The van der Waals surface area contributed by atoms with E-state index in [4.69, 9.17) is 4.74 Å². The van der Waals surface area contributed by atoms with E-state index in [1.807, 2.05) is 54.6 Å². The van der Waals surface area contributed by atoms with Crippen molar-refractivity contribution in [2.45, 2.75) is 6.42 Å². The number of methoxy groups -OCH3 is 1. The molecule has 0 bridgehead atoms. The van der Waals surface area contributed by atoms with Crippen molar-refractivity contribution in [2.75, 3.05) is 13.7 Å². The van der Waals surface area contributed by atoms with Gasteiger partial charge in [0.2, 0.25) is 0 Å². The van der Waals surface area contributed by atoms with E-state index in [1.54, 1.807) is 19.4 Å². The van der Waals surface area contributed by atoms with E-state index in [0.717, 1.165) is 16.9 Å². The molecule has 1 heterocycles. The molecule has 0 fully saturated rings. The fraction of sp³-hybridized carbons (Fsp3) is 0.143. The maximum absolute atomic E-state index is 12.6. The van der Waals surface area contributed by atoms with Crippen molar-refractivity contribution in [3.8, 4) is 16.9 Å². The lowest BCUT2D eigenvalue weighted by Gasteiger charge is -2.10. The molecule has 26 heavy (non-hydrogen) atoms. The van der Waals surface area contributed by atoms with Crippen molar-refractivity contribution >= 4 is 5.91 Å². The molecule has 0 spiro atoms. The Morgan fingerprint density at radius 3 is 2.46 bits per heavy atom. The number of nitrogens with one attached hydrogen (secondary N) is 2. The van der Waals surface area contributed by atoms with Gasteiger partial charge < -0.3 is 15.0 Å². The first-order valence-electron chi connectivity index (χ1n) is 8.37. The maximum Gasteiger partial charge on any atom is 0.261 e. The number of H-pyrrole nitrogens is 1. The maximum atomic E-state index is 12.6. The van der Waals surface area contributed by atoms with Crippen LogP contribution < -0.4 is 15.6 Å². The third-order valence-electron chi connectivity index (χ3n) is 4.13. The molecule has 2 aromatic carbocycles. The second-order valence-corrected chi connectivity index (χ2v) is 5.82. The van der Waals surface area contributed by atoms with Crippen molar-refractivity contribution in [1.82, 2.24) is 10.3 Å². The summed E-state index contributed by atoms with van der Waals surface area (Å²) in [4.78, 5) is 27.4. The molecule has 1 aromatic heterocycles. The summed E-state index contributed by atoms with van der Waals surface area (Å²) in [5.41, 5.74) is 2.27. The molecule has 0 aliphatic carbocycles. The molecule has 0 saturated carbocycles. The van der Waals surface area contributed by atoms with Gasteiger partial charge in [-0.25, -0.2) is 0 Å². The third-order valence-corrected chi connectivity index (χ3v) is 4.13. The first-order valence-corrected chi connectivity index (χ1v) is 8.37. The van der Waals surface area contributed by atoms with E-state index in [-0.39, 0.29) is 11.5 Å². The highest BCUT2D eigenvalue weighted by Crippen LogP contribution is 2.20. The smallest absolute Gasteiger partial charge is 0.261 e. The Bertz CT molecular complexity index is 931. The zero-order valence-electron chi connectivity index (χ0n) is 14.5. The van der Waals surface area contributed by atoms with Gasteiger partial charge in [0, 0.05) is 18.3 Å². The van der Waals surface area contributed by atoms with Gasteiger partial charge in [-0.2, -0.15) is 0 Å². The first-order chi connectivity index (χ1) is 12.7. The summed E-state index contributed by atoms with van der Waals surface area (Å²) in [6.07, 6.45) is 2.22. The van der Waals surface area contributed by atoms with Crippen LogP contribution in [-0.4, -0.2) is 24.5 Å². The SMILES string of the molecule is COc1ccc(CCNC(=O)c2c(-c3ccccc3)cc[nH]c2=O)cc1. The van der Waals surface area contributed by atoms with E-state index >= 15 is 0 Å². The number of carbonyl (C=O) groups excluding carboxylic acids is 1. The van der Waals surface area contributed by atoms with E-state index in [1.165, 1.54) is 0 Å². The Hall–Kier alpha value is -3.34. The predicted molar refractivity (Wildman–Crippen MR) is 102 cm³/mol. The summed E-state index contributed by atoms with van der Waals surface area (Å²) >= 11 is 0. The third kappa shape index (κ3) is 4.00. The minimum atomic E-state index is -0.395. The topological polar surface area (TPSA) is 71.2 Å². The number of rotatable bonds is 6. The summed E-state index contributed by atoms with van der Waals surface area (Å²) in [5, 5.41) is 2.84. The van der Waals surface area contributed by atoms with Crippen LogP contribution in [0.3, 0.4) is 0 Å². The van der Waals surface area contributed by atoms with Crippen molar-refractivity contribution in [3.63, 3.8) is 0 Å². The summed E-state index contributed by atoms with van der Waals surface area (Å²) < 4.78 is 5.13. The van der Waals surface area contributed by atoms with Crippen molar-refractivity contribution in [1.29, 1.82) is 0 Å². The fourth-order valence-corrected chi connectivity index (χ4v) is 2.76. The summed E-state index contributed by atoms with van der Waals surface area (Å²) in [5.74, 6) is 0.417. The number of benzene rings is 2. The van der Waals surface area contributed by atoms with Crippen LogP contribution in [0.2, 0.25) is 0 Å². The summed E-state index contributed by atoms with van der Waals surface area (Å²) in [7, 11) is 1.62. The Morgan fingerprint density at radius 2 is 1.77 bits per heavy atom. The molecule has 5 heteroatoms. The molecule has 3 rings (SSSR count). The molecular weight excluding hydrogens is 328 g/mol. The Morgan fingerprint density at radius 1 is 1.04 bits per heavy atom. The lowest BCUT2D eigenvalue weighted by molar-refractivity contribution is 0.0953. The van der Waals surface area contributed by atoms with Crippen molar-refractivity contribution < 1.29 is 9.53 Å². The van der Waals surface area contributed by atoms with Crippen LogP contribution >= 0.6 is 0 Å². The fourth-order valence-electron chi connectivity index (χ4n) is 2.76. The normalized spacial score (nSPS) is 10.3. The number of amides is 1. The van der Waals surface area contributed by atoms with Gasteiger partial charge in [-0.05, 0) is 35.7 Å². The van der Waals surface area contributed by atoms with Gasteiger partial charge in [-0.15, -0.1) is 0 Å². The van der Waals surface area contributed by atoms with Gasteiger partial charge in [0.25, 0.3) is 11.5 Å². The average Bonchev–Trinajstić information content (AvgIpc) is 2.69. The number of ether oxygens (including phenoxy) is 1. The van der Waals surface area contributed by atoms with E-state index in [9.17, 15) is 9.59 Å². The number of pyridine rings is 1. The van der Waals surface area contributed by atoms with Crippen molar-refractivity contribution in [3.05, 3.63) is 88.3 Å². The molecule has 0 aliphatic heterocycles. The zero-order valence-corrected chi connectivity index (χ0v) is 14.5. The minimum absolute atomic E-state index is 0.133. The molecule has 2 N–H and O–H groups in total. The van der Waals surface area contributed by atoms with E-state index in [2.05, 4.69) is 10.3 Å². The quantitative estimate of drug-likeness (QED) is 0.719. The van der Waals surface area contributed by atoms with Crippen molar-refractivity contribution in [2.24, 2.45) is 0 Å². The highest BCUT2D eigenvalue weighted by Gasteiger charge is 2.16. The average molecular weight is 348 g/mol. The van der Waals surface area contributed by atoms with Crippen LogP contribution in [0.4, 0.5) is 0 Å². The van der Waals surface area contributed by atoms with Crippen LogP contribution in [0.15, 0.2) is 71.7 Å². The Labute approximate surface area is 151 Å². The number of aromatic nitrogens is 1. The first kappa shape index (κ1) is 17.5. The van der Waals surface area contributed by atoms with Gasteiger partial charge >= 0.3 is 0 Å². The molecule has 132 valence electrons. The second kappa shape index (κ2) is 8.16. The second-order valence-electron chi connectivity index (χ2n) is 5.82. The van der Waals surface area contributed by atoms with Gasteiger partial charge in [-0.3, -0.25) is 9.59 Å². The number of hydrogen-bond acceptors (Lipinski definition) is 3. The predicted octanol–water partition coefficient (Wildman–Crippen LogP) is 3.02. The number of carbonyl (C=O) groups is 1. The van der Waals surface area contributed by atoms with Crippen LogP contribution in [0, 0.1) is 0 Å². The van der Waals surface area contributed by atoms with Gasteiger partial charge in [0.1, 0.15) is 11.3 Å². The molecule has 5 nitrogen and oxygen atoms in total. The molecule has 0 saturated heterocycles. The molecule has 0 unspecified atom stereocenters. The number of aromatic amines is 1. The highest BCUT2D eigenvalue weighted by molar-refractivity contribution is 6.00. The Balaban J connectivity index is 1.72. The van der Waals surface area contributed by atoms with E-state index < -0.39 is 5.56 Å². The lowest BCUT2D eigenvalue weighted by Crippen LogP contribution is -2.31. The molecule has 0 aliphatic rings. The van der Waals surface area contributed by atoms with Crippen LogP contribution in [0.25, 0.3) is 11.1 Å². The lowest BCUT2D eigenvalue weighted by atomic mass is 10.0. The van der Waals surface area contributed by atoms with E-state index in [0.29, 0.717) is 18.5 Å². The summed E-state index contributed by atoms with van der Waals surface area (Å²) in [6, 6.07) is 18.8. The molecule has 0 atom stereocenters. The summed E-state index contributed by atoms with van der Waals surface area (Å²) in [6.45, 7) is 0.438. The van der Waals surface area contributed by atoms with Gasteiger partial charge in [0.05, 0.1) is 7.11 Å². The highest BCUT2D eigenvalue weighted by atomic mass is 16.5. The number of hydrogen-bond donors (Lipinski definition) is 2. The monoisotopic (exact) mass is 348 g/mol. The standard InChI is InChI=1S/C21H20N2O3/c1-26-17-9-7-15(8-10-17)11-13-22-20(24)19-18(12-14-23-21(19)25)16-5-3-2-4-6-16/h2-10,12,14H,11,13H2,1H3,(H,22,24)(H,23,25). The molecule has 1 amide bonds. The zero-order chi connectivity index (χ0) is 18.4. The van der Waals surface area contributed by atoms with Gasteiger partial charge in [-0.1, -0.05) is 42.5 Å². The minimum Gasteiger partial charge on any atom is -0.497 e. The largest absolute Gasteiger partial charge is 0.497 e.